The van der Waals surface area contributed by atoms with Crippen molar-refractivity contribution in [2.45, 2.75) is 37.7 Å². The molecule has 1 aliphatic heterocycles. The van der Waals surface area contributed by atoms with E-state index in [1.807, 2.05) is 0 Å². The number of ether oxygens (including phenoxy) is 4. The number of fused-ring (bicyclic) bond motifs is 2. The summed E-state index contributed by atoms with van der Waals surface area (Å²) < 4.78 is 75.2. The summed E-state index contributed by atoms with van der Waals surface area (Å²) in [4.78, 5) is 11.1. The van der Waals surface area contributed by atoms with Crippen LogP contribution in [-0.4, -0.2) is 44.7 Å². The monoisotopic (exact) mass is 574 g/mol. The van der Waals surface area contributed by atoms with Gasteiger partial charge in [0.2, 0.25) is 0 Å². The van der Waals surface area contributed by atoms with Crippen LogP contribution in [0.5, 0.6) is 28.7 Å². The second-order valence-corrected chi connectivity index (χ2v) is 12.2. The number of halogens is 2. The Labute approximate surface area is 230 Å². The molecule has 212 valence electrons. The fraction of sp³-hybridized carbons (Fsp3) is 0.345. The van der Waals surface area contributed by atoms with E-state index in [4.69, 9.17) is 24.1 Å². The van der Waals surface area contributed by atoms with Gasteiger partial charge in [0.15, 0.2) is 11.6 Å². The number of hydrogen-bond donors (Lipinski definition) is 1. The van der Waals surface area contributed by atoms with E-state index in [0.717, 1.165) is 17.9 Å². The van der Waals surface area contributed by atoms with Gasteiger partial charge in [0, 0.05) is 41.0 Å². The van der Waals surface area contributed by atoms with Gasteiger partial charge in [-0.3, -0.25) is 4.79 Å². The topological polar surface area (TPSA) is 108 Å². The van der Waals surface area contributed by atoms with E-state index in [1.54, 1.807) is 18.2 Å². The van der Waals surface area contributed by atoms with Crippen molar-refractivity contribution < 1.29 is 46.0 Å². The van der Waals surface area contributed by atoms with E-state index in [-0.39, 0.29) is 49.2 Å². The fourth-order valence-corrected chi connectivity index (χ4v) is 5.66. The fourth-order valence-electron chi connectivity index (χ4n) is 5.01. The SMILES string of the molecule is CS(=O)(=O)CCCOc1ccc(Oc2ccc(F)c3c2CC[C@H]3Oc2ccc3c(c2)OC[C@H]3CC(=O)O)c(F)c1. The number of carboxylic acids is 1. The molecule has 0 fully saturated rings. The maximum atomic E-state index is 15.0. The van der Waals surface area contributed by atoms with Gasteiger partial charge in [-0.2, -0.15) is 0 Å². The van der Waals surface area contributed by atoms with E-state index in [9.17, 15) is 22.0 Å². The third-order valence-corrected chi connectivity index (χ3v) is 7.89. The molecule has 40 heavy (non-hydrogen) atoms. The van der Waals surface area contributed by atoms with Crippen LogP contribution in [0.4, 0.5) is 8.78 Å². The Bertz CT molecular complexity index is 1540. The molecule has 0 unspecified atom stereocenters. The summed E-state index contributed by atoms with van der Waals surface area (Å²) >= 11 is 0. The second kappa shape index (κ2) is 11.3. The Hall–Kier alpha value is -3.86. The quantitative estimate of drug-likeness (QED) is 0.296. The Kier molecular flexibility index (Phi) is 7.84. The third-order valence-electron chi connectivity index (χ3n) is 6.86. The Morgan fingerprint density at radius 2 is 1.82 bits per heavy atom. The molecule has 11 heteroatoms. The van der Waals surface area contributed by atoms with E-state index in [2.05, 4.69) is 0 Å². The van der Waals surface area contributed by atoms with Crippen LogP contribution in [0.25, 0.3) is 0 Å². The van der Waals surface area contributed by atoms with Crippen LogP contribution >= 0.6 is 0 Å². The van der Waals surface area contributed by atoms with Crippen molar-refractivity contribution >= 4 is 15.8 Å². The van der Waals surface area contributed by atoms with Crippen LogP contribution in [0.3, 0.4) is 0 Å². The van der Waals surface area contributed by atoms with Gasteiger partial charge < -0.3 is 24.1 Å². The van der Waals surface area contributed by atoms with Crippen molar-refractivity contribution in [3.63, 3.8) is 0 Å². The average molecular weight is 575 g/mol. The number of carbonyl (C=O) groups is 1. The number of sulfone groups is 1. The number of hydrogen-bond acceptors (Lipinski definition) is 7. The minimum atomic E-state index is -3.10. The maximum absolute atomic E-state index is 15.0. The average Bonchev–Trinajstić information content (AvgIpc) is 3.49. The van der Waals surface area contributed by atoms with Gasteiger partial charge in [0.05, 0.1) is 25.4 Å². The lowest BCUT2D eigenvalue weighted by Crippen LogP contribution is -2.08. The summed E-state index contributed by atoms with van der Waals surface area (Å²) in [5, 5.41) is 9.10. The predicted octanol–water partition coefficient (Wildman–Crippen LogP) is 5.59. The van der Waals surface area contributed by atoms with Crippen molar-refractivity contribution in [1.82, 2.24) is 0 Å². The molecule has 0 saturated carbocycles. The van der Waals surface area contributed by atoms with Crippen molar-refractivity contribution in [2.75, 3.05) is 25.2 Å². The molecule has 0 aromatic heterocycles. The number of carboxylic acid groups (broad SMARTS) is 1. The van der Waals surface area contributed by atoms with E-state index >= 15 is 0 Å². The molecule has 3 aromatic carbocycles. The highest BCUT2D eigenvalue weighted by Gasteiger charge is 2.32. The number of rotatable bonds is 11. The van der Waals surface area contributed by atoms with Crippen LogP contribution in [0.2, 0.25) is 0 Å². The van der Waals surface area contributed by atoms with Gasteiger partial charge in [-0.25, -0.2) is 17.2 Å². The largest absolute Gasteiger partial charge is 0.493 e. The molecule has 0 spiro atoms. The molecule has 0 saturated heterocycles. The lowest BCUT2D eigenvalue weighted by atomic mass is 9.98. The highest BCUT2D eigenvalue weighted by molar-refractivity contribution is 7.90. The lowest BCUT2D eigenvalue weighted by Gasteiger charge is -2.17. The molecule has 2 aliphatic rings. The second-order valence-electron chi connectivity index (χ2n) is 9.91. The van der Waals surface area contributed by atoms with Gasteiger partial charge >= 0.3 is 5.97 Å². The van der Waals surface area contributed by atoms with Gasteiger partial charge in [0.1, 0.15) is 44.8 Å². The summed E-state index contributed by atoms with van der Waals surface area (Å²) in [5.41, 5.74) is 1.73. The Balaban J connectivity index is 1.27. The summed E-state index contributed by atoms with van der Waals surface area (Å²) in [6.45, 7) is 0.401. The van der Waals surface area contributed by atoms with Crippen LogP contribution in [0, 0.1) is 11.6 Å². The van der Waals surface area contributed by atoms with Crippen molar-refractivity contribution in [3.8, 4) is 28.7 Å². The molecule has 0 radical (unpaired) electrons. The molecule has 0 bridgehead atoms. The molecule has 1 aliphatic carbocycles. The molecule has 1 N–H and O–H groups in total. The molecular formula is C29H28F2O8S. The normalized spacial score (nSPS) is 17.6. The first-order valence-electron chi connectivity index (χ1n) is 12.8. The Morgan fingerprint density at radius 3 is 2.58 bits per heavy atom. The zero-order chi connectivity index (χ0) is 28.4. The molecule has 2 atom stereocenters. The molecular weight excluding hydrogens is 546 g/mol. The minimum Gasteiger partial charge on any atom is -0.493 e. The predicted molar refractivity (Wildman–Crippen MR) is 141 cm³/mol. The lowest BCUT2D eigenvalue weighted by molar-refractivity contribution is -0.137. The standard InChI is InChI=1S/C29H28F2O8S/c1-40(34,35)12-2-11-36-18-4-8-25(23(31)14-18)39-24-10-7-22(30)29-21(24)6-9-26(29)38-19-3-5-20-17(13-28(32)33)16-37-27(20)15-19/h3-5,7-8,10,14-15,17,26H,2,6,9,11-13,16H2,1H3,(H,32,33)/t17-,26-/m1/s1. The zero-order valence-corrected chi connectivity index (χ0v) is 22.5. The first-order chi connectivity index (χ1) is 19.1. The highest BCUT2D eigenvalue weighted by Crippen LogP contribution is 2.44. The van der Waals surface area contributed by atoms with Gasteiger partial charge in [0.25, 0.3) is 0 Å². The van der Waals surface area contributed by atoms with E-state index < -0.39 is 33.5 Å². The molecule has 1 heterocycles. The summed E-state index contributed by atoms with van der Waals surface area (Å²) in [5.74, 6) is -0.769. The molecule has 3 aromatic rings. The first-order valence-corrected chi connectivity index (χ1v) is 14.9. The van der Waals surface area contributed by atoms with Gasteiger partial charge in [-0.1, -0.05) is 6.07 Å². The van der Waals surface area contributed by atoms with Gasteiger partial charge in [-0.05, 0) is 49.6 Å². The van der Waals surface area contributed by atoms with Gasteiger partial charge in [-0.15, -0.1) is 0 Å². The maximum Gasteiger partial charge on any atom is 0.304 e. The van der Waals surface area contributed by atoms with Crippen LogP contribution in [-0.2, 0) is 21.1 Å². The van der Waals surface area contributed by atoms with E-state index in [0.29, 0.717) is 41.2 Å². The highest BCUT2D eigenvalue weighted by atomic mass is 32.2. The summed E-state index contributed by atoms with van der Waals surface area (Å²) in [7, 11) is -3.10. The zero-order valence-electron chi connectivity index (χ0n) is 21.7. The minimum absolute atomic E-state index is 0.0232. The van der Waals surface area contributed by atoms with Crippen molar-refractivity contribution in [2.24, 2.45) is 0 Å². The Morgan fingerprint density at radius 1 is 1.05 bits per heavy atom. The number of benzene rings is 3. The molecule has 0 amide bonds. The molecule has 5 rings (SSSR count). The third kappa shape index (κ3) is 6.30. The van der Waals surface area contributed by atoms with E-state index in [1.165, 1.54) is 24.3 Å². The molecule has 8 nitrogen and oxygen atoms in total. The summed E-state index contributed by atoms with van der Waals surface area (Å²) in [6.07, 6.45) is 1.74. The van der Waals surface area contributed by atoms with Crippen LogP contribution in [0.1, 0.15) is 48.0 Å². The summed E-state index contributed by atoms with van der Waals surface area (Å²) in [6, 6.07) is 12.0. The van der Waals surface area contributed by atoms with Crippen LogP contribution in [0.15, 0.2) is 48.5 Å². The smallest absolute Gasteiger partial charge is 0.304 e. The first kappa shape index (κ1) is 27.7. The van der Waals surface area contributed by atoms with Crippen molar-refractivity contribution in [3.05, 3.63) is 76.9 Å². The van der Waals surface area contributed by atoms with Crippen molar-refractivity contribution in [1.29, 1.82) is 0 Å². The number of aliphatic carboxylic acids is 1. The van der Waals surface area contributed by atoms with Crippen LogP contribution < -0.4 is 18.9 Å².